The summed E-state index contributed by atoms with van der Waals surface area (Å²) >= 11 is 5.07. The third kappa shape index (κ3) is 4.79. The van der Waals surface area contributed by atoms with Gasteiger partial charge in [0.25, 0.3) is 5.17 Å². The van der Waals surface area contributed by atoms with Crippen LogP contribution in [0.1, 0.15) is 0 Å². The number of hydrogen-bond acceptors (Lipinski definition) is 9. The van der Waals surface area contributed by atoms with Crippen LogP contribution >= 0.6 is 12.2 Å². The lowest BCUT2D eigenvalue weighted by Crippen LogP contribution is -2.49. The molecule has 4 rings (SSSR count). The minimum Gasteiger partial charge on any atom is -0.474 e. The molecule has 2 amide bonds. The molecule has 0 saturated carbocycles. The Hall–Kier alpha value is -3.55. The van der Waals surface area contributed by atoms with Crippen molar-refractivity contribution in [2.45, 2.75) is 12.8 Å². The summed E-state index contributed by atoms with van der Waals surface area (Å²) in [4.78, 5) is 31.1. The number of nitrogens with zero attached hydrogens (tertiary/aromatic N) is 8. The SMILES string of the molecule is COC(=S)N(C)C1CN(c2ccc(N3CCN(C(=O)Cn4cnnn4)CC3)c(F)c2)C(=O)O1. The number of methoxy groups -OCH3 is 1. The molecule has 1 aromatic carbocycles. The maximum Gasteiger partial charge on any atom is 0.416 e. The van der Waals surface area contributed by atoms with Gasteiger partial charge in [0, 0.05) is 33.2 Å². The number of aromatic nitrogens is 4. The number of halogens is 1. The molecular weight excluding hydrogens is 455 g/mol. The van der Waals surface area contributed by atoms with E-state index in [4.69, 9.17) is 21.7 Å². The van der Waals surface area contributed by atoms with Crippen LogP contribution in [0.2, 0.25) is 0 Å². The van der Waals surface area contributed by atoms with Crippen molar-refractivity contribution in [3.63, 3.8) is 0 Å². The summed E-state index contributed by atoms with van der Waals surface area (Å²) in [5.74, 6) is -0.559. The molecule has 2 fully saturated rings. The second kappa shape index (κ2) is 9.52. The highest BCUT2D eigenvalue weighted by molar-refractivity contribution is 7.80. The first kappa shape index (κ1) is 22.6. The van der Waals surface area contributed by atoms with E-state index in [0.717, 1.165) is 0 Å². The number of carbonyl (C=O) groups is 2. The van der Waals surface area contributed by atoms with Crippen LogP contribution in [-0.2, 0) is 20.8 Å². The minimum atomic E-state index is -0.633. The molecule has 0 N–H and O–H groups in total. The largest absolute Gasteiger partial charge is 0.474 e. The fourth-order valence-electron chi connectivity index (χ4n) is 3.73. The third-order valence-corrected chi connectivity index (χ3v) is 6.05. The first-order valence-electron chi connectivity index (χ1n) is 10.2. The van der Waals surface area contributed by atoms with E-state index in [2.05, 4.69) is 15.5 Å². The van der Waals surface area contributed by atoms with Crippen molar-refractivity contribution in [3.05, 3.63) is 30.3 Å². The zero-order valence-electron chi connectivity index (χ0n) is 18.1. The molecule has 1 aromatic heterocycles. The Kier molecular flexibility index (Phi) is 6.53. The van der Waals surface area contributed by atoms with Gasteiger partial charge in [-0.15, -0.1) is 5.10 Å². The first-order valence-corrected chi connectivity index (χ1v) is 10.6. The van der Waals surface area contributed by atoms with Gasteiger partial charge >= 0.3 is 6.09 Å². The van der Waals surface area contributed by atoms with Crippen molar-refractivity contribution >= 4 is 40.8 Å². The van der Waals surface area contributed by atoms with Crippen molar-refractivity contribution in [1.29, 1.82) is 0 Å². The smallest absolute Gasteiger partial charge is 0.416 e. The van der Waals surface area contributed by atoms with Gasteiger partial charge in [0.15, 0.2) is 6.23 Å². The Bertz CT molecular complexity index is 1030. The standard InChI is InChI=1S/C19H23FN8O4S/c1-24(19(33)31-2)17-11-28(18(30)32-17)13-3-4-15(14(20)9-13)25-5-7-26(8-6-25)16(29)10-27-12-21-22-23-27/h3-4,9,12,17H,5-8,10-11H2,1-2H3. The number of ether oxygens (including phenoxy) is 2. The number of tetrazole rings is 1. The average Bonchev–Trinajstić information content (AvgIpc) is 3.47. The van der Waals surface area contributed by atoms with Crippen molar-refractivity contribution < 1.29 is 23.5 Å². The highest BCUT2D eigenvalue weighted by Crippen LogP contribution is 2.29. The third-order valence-electron chi connectivity index (χ3n) is 5.60. The molecule has 2 saturated heterocycles. The molecule has 2 aliphatic rings. The predicted molar refractivity (Wildman–Crippen MR) is 118 cm³/mol. The van der Waals surface area contributed by atoms with E-state index < -0.39 is 18.1 Å². The lowest BCUT2D eigenvalue weighted by Gasteiger charge is -2.36. The van der Waals surface area contributed by atoms with Crippen molar-refractivity contribution in [3.8, 4) is 0 Å². The molecule has 1 unspecified atom stereocenters. The second-order valence-corrected chi connectivity index (χ2v) is 7.89. The Morgan fingerprint density at radius 1 is 1.33 bits per heavy atom. The molecule has 0 aliphatic carbocycles. The zero-order valence-corrected chi connectivity index (χ0v) is 18.9. The van der Waals surface area contributed by atoms with Crippen LogP contribution in [0.3, 0.4) is 0 Å². The predicted octanol–water partition coefficient (Wildman–Crippen LogP) is 0.307. The molecule has 33 heavy (non-hydrogen) atoms. The molecular formula is C19H23FN8O4S. The number of piperazine rings is 1. The summed E-state index contributed by atoms with van der Waals surface area (Å²) < 4.78 is 26.7. The molecule has 0 radical (unpaired) electrons. The van der Waals surface area contributed by atoms with Gasteiger partial charge in [-0.2, -0.15) is 0 Å². The lowest BCUT2D eigenvalue weighted by atomic mass is 10.2. The van der Waals surface area contributed by atoms with Gasteiger partial charge in [0.05, 0.1) is 25.0 Å². The highest BCUT2D eigenvalue weighted by atomic mass is 32.1. The van der Waals surface area contributed by atoms with E-state index in [0.29, 0.717) is 37.6 Å². The topological polar surface area (TPSA) is 109 Å². The second-order valence-electron chi connectivity index (χ2n) is 7.54. The number of likely N-dealkylation sites (N-methyl/N-ethyl adjacent to an activating group) is 1. The number of carbonyl (C=O) groups excluding carboxylic acids is 2. The molecule has 12 nitrogen and oxygen atoms in total. The van der Waals surface area contributed by atoms with Gasteiger partial charge in [-0.05, 0) is 40.8 Å². The summed E-state index contributed by atoms with van der Waals surface area (Å²) in [5, 5.41) is 10.9. The van der Waals surface area contributed by atoms with Crippen molar-refractivity contribution in [2.24, 2.45) is 0 Å². The molecule has 2 aromatic rings. The summed E-state index contributed by atoms with van der Waals surface area (Å²) in [5.41, 5.74) is 0.795. The van der Waals surface area contributed by atoms with Gasteiger partial charge in [0.2, 0.25) is 5.91 Å². The Labute approximate surface area is 194 Å². The average molecular weight is 479 g/mol. The molecule has 1 atom stereocenters. The quantitative estimate of drug-likeness (QED) is 0.557. The van der Waals surface area contributed by atoms with Crippen LogP contribution in [0.25, 0.3) is 0 Å². The maximum absolute atomic E-state index is 15.0. The molecule has 176 valence electrons. The van der Waals surface area contributed by atoms with Crippen molar-refractivity contribution in [1.82, 2.24) is 30.0 Å². The summed E-state index contributed by atoms with van der Waals surface area (Å²) in [6.07, 6.45) is 0.159. The van der Waals surface area contributed by atoms with Crippen LogP contribution in [0.5, 0.6) is 0 Å². The molecule has 0 bridgehead atoms. The van der Waals surface area contributed by atoms with Gasteiger partial charge in [-0.25, -0.2) is 13.9 Å². The zero-order chi connectivity index (χ0) is 23.5. The van der Waals surface area contributed by atoms with Gasteiger partial charge < -0.3 is 19.3 Å². The van der Waals surface area contributed by atoms with Crippen LogP contribution in [0.4, 0.5) is 20.6 Å². The number of hydrogen-bond donors (Lipinski definition) is 0. The number of amides is 2. The Morgan fingerprint density at radius 2 is 2.09 bits per heavy atom. The maximum atomic E-state index is 15.0. The minimum absolute atomic E-state index is 0.0628. The number of cyclic esters (lactones) is 1. The van der Waals surface area contributed by atoms with E-state index >= 15 is 0 Å². The number of anilines is 2. The fourth-order valence-corrected chi connectivity index (χ4v) is 3.85. The van der Waals surface area contributed by atoms with Crippen LogP contribution in [-0.4, -0.2) is 100 Å². The van der Waals surface area contributed by atoms with Crippen molar-refractivity contribution in [2.75, 3.05) is 56.7 Å². The van der Waals surface area contributed by atoms with Gasteiger partial charge in [-0.1, -0.05) is 0 Å². The number of thiocarbonyl (C=S) groups is 1. The van der Waals surface area contributed by atoms with E-state index in [1.807, 2.05) is 4.90 Å². The molecule has 14 heteroatoms. The summed E-state index contributed by atoms with van der Waals surface area (Å²) in [6.45, 7) is 2.10. The first-order chi connectivity index (χ1) is 15.9. The van der Waals surface area contributed by atoms with Crippen LogP contribution < -0.4 is 9.80 Å². The Morgan fingerprint density at radius 3 is 2.73 bits per heavy atom. The molecule has 2 aliphatic heterocycles. The summed E-state index contributed by atoms with van der Waals surface area (Å²) in [6, 6.07) is 4.61. The van der Waals surface area contributed by atoms with Crippen LogP contribution in [0.15, 0.2) is 24.5 Å². The molecule has 0 spiro atoms. The number of rotatable bonds is 5. The van der Waals surface area contributed by atoms with Gasteiger partial charge in [-0.3, -0.25) is 14.6 Å². The van der Waals surface area contributed by atoms with E-state index in [9.17, 15) is 14.0 Å². The number of benzene rings is 1. The van der Waals surface area contributed by atoms with E-state index in [-0.39, 0.29) is 24.2 Å². The lowest BCUT2D eigenvalue weighted by molar-refractivity contribution is -0.132. The summed E-state index contributed by atoms with van der Waals surface area (Å²) in [7, 11) is 3.09. The highest BCUT2D eigenvalue weighted by Gasteiger charge is 2.36. The van der Waals surface area contributed by atoms with E-state index in [1.165, 1.54) is 34.0 Å². The fraction of sp³-hybridized carbons (Fsp3) is 0.474. The monoisotopic (exact) mass is 478 g/mol. The Balaban J connectivity index is 1.37. The van der Waals surface area contributed by atoms with E-state index in [1.54, 1.807) is 24.1 Å². The molecule has 3 heterocycles. The van der Waals surface area contributed by atoms with Crippen LogP contribution in [0, 0.1) is 5.82 Å². The normalized spacial score (nSPS) is 18.3. The van der Waals surface area contributed by atoms with Gasteiger partial charge in [0.1, 0.15) is 18.7 Å².